The number of ether oxygens (including phenoxy) is 2. The van der Waals surface area contributed by atoms with Gasteiger partial charge in [0.2, 0.25) is 0 Å². The molecule has 2 amide bonds. The van der Waals surface area contributed by atoms with Gasteiger partial charge in [-0.2, -0.15) is 0 Å². The van der Waals surface area contributed by atoms with Crippen molar-refractivity contribution < 1.29 is 19.1 Å². The van der Waals surface area contributed by atoms with E-state index in [1.165, 1.54) is 0 Å². The zero-order chi connectivity index (χ0) is 26.7. The normalized spacial score (nSPS) is 11.5. The lowest BCUT2D eigenvalue weighted by Gasteiger charge is -2.20. The number of hydrogen-bond acceptors (Lipinski definition) is 6. The van der Waals surface area contributed by atoms with Crippen LogP contribution >= 0.6 is 0 Å². The molecule has 0 heterocycles. The Balaban J connectivity index is 1.75. The number of benzene rings is 3. The van der Waals surface area contributed by atoms with E-state index in [0.717, 1.165) is 22.3 Å². The molecule has 0 spiro atoms. The summed E-state index contributed by atoms with van der Waals surface area (Å²) >= 11 is 0. The van der Waals surface area contributed by atoms with Crippen LogP contribution in [0.1, 0.15) is 41.5 Å². The molecule has 36 heavy (non-hydrogen) atoms. The predicted molar refractivity (Wildman–Crippen MR) is 146 cm³/mol. The molecular formula is C28H34N4O4. The van der Waals surface area contributed by atoms with E-state index in [-0.39, 0.29) is 0 Å². The quantitative estimate of drug-likeness (QED) is 0.295. The number of nitrogens with one attached hydrogen (secondary N) is 2. The number of nitrogen functional groups attached to an aromatic ring is 2. The van der Waals surface area contributed by atoms with Gasteiger partial charge in [-0.3, -0.25) is 10.6 Å². The third-order valence-corrected chi connectivity index (χ3v) is 4.97. The maximum Gasteiger partial charge on any atom is 0.412 e. The average Bonchev–Trinajstić information content (AvgIpc) is 2.74. The molecule has 6 N–H and O–H groups in total. The minimum absolute atomic E-state index is 0.455. The molecule has 3 aromatic rings. The monoisotopic (exact) mass is 490 g/mol. The molecule has 0 fully saturated rings. The van der Waals surface area contributed by atoms with Crippen LogP contribution in [0, 0.1) is 0 Å². The number of nitrogens with two attached hydrogens (primary N) is 2. The average molecular weight is 491 g/mol. The van der Waals surface area contributed by atoms with Crippen molar-refractivity contribution in [3.63, 3.8) is 0 Å². The van der Waals surface area contributed by atoms with Crippen molar-refractivity contribution in [2.45, 2.75) is 52.7 Å². The summed E-state index contributed by atoms with van der Waals surface area (Å²) in [5, 5.41) is 5.42. The van der Waals surface area contributed by atoms with Crippen LogP contribution in [-0.2, 0) is 9.47 Å². The van der Waals surface area contributed by atoms with E-state index in [2.05, 4.69) is 10.6 Å². The molecule has 0 aliphatic heterocycles. The van der Waals surface area contributed by atoms with Crippen LogP contribution in [0.25, 0.3) is 22.3 Å². The van der Waals surface area contributed by atoms with Gasteiger partial charge in [0.15, 0.2) is 0 Å². The molecule has 8 heteroatoms. The minimum Gasteiger partial charge on any atom is -0.444 e. The van der Waals surface area contributed by atoms with E-state index in [4.69, 9.17) is 20.9 Å². The van der Waals surface area contributed by atoms with E-state index in [1.807, 2.05) is 77.9 Å². The fraction of sp³-hybridized carbons (Fsp3) is 0.286. The molecule has 0 unspecified atom stereocenters. The minimum atomic E-state index is -0.577. The highest BCUT2D eigenvalue weighted by Gasteiger charge is 2.18. The van der Waals surface area contributed by atoms with Crippen LogP contribution in [0.2, 0.25) is 0 Å². The van der Waals surface area contributed by atoms with Crippen LogP contribution in [0.15, 0.2) is 60.7 Å². The smallest absolute Gasteiger partial charge is 0.412 e. The number of hydrogen-bond donors (Lipinski definition) is 4. The molecule has 0 aliphatic carbocycles. The molecule has 190 valence electrons. The van der Waals surface area contributed by atoms with Crippen LogP contribution in [-0.4, -0.2) is 23.4 Å². The van der Waals surface area contributed by atoms with Gasteiger partial charge in [0.1, 0.15) is 11.2 Å². The van der Waals surface area contributed by atoms with Crippen molar-refractivity contribution in [3.05, 3.63) is 60.7 Å². The lowest BCUT2D eigenvalue weighted by Crippen LogP contribution is -2.27. The number of carbonyl (C=O) groups excluding carboxylic acids is 2. The number of rotatable bonds is 4. The van der Waals surface area contributed by atoms with Gasteiger partial charge in [-0.15, -0.1) is 0 Å². The summed E-state index contributed by atoms with van der Waals surface area (Å²) in [4.78, 5) is 24.0. The maximum absolute atomic E-state index is 12.0. The van der Waals surface area contributed by atoms with Gasteiger partial charge < -0.3 is 20.9 Å². The molecule has 0 aliphatic rings. The zero-order valence-corrected chi connectivity index (χ0v) is 21.6. The van der Waals surface area contributed by atoms with Gasteiger partial charge in [-0.25, -0.2) is 9.59 Å². The highest BCUT2D eigenvalue weighted by molar-refractivity contribution is 5.94. The highest BCUT2D eigenvalue weighted by Crippen LogP contribution is 2.38. The number of amides is 2. The zero-order valence-electron chi connectivity index (χ0n) is 21.6. The lowest BCUT2D eigenvalue weighted by atomic mass is 9.96. The Bertz CT molecular complexity index is 1140. The molecule has 8 nitrogen and oxygen atoms in total. The van der Waals surface area contributed by atoms with E-state index in [0.29, 0.717) is 22.7 Å². The van der Waals surface area contributed by atoms with Crippen molar-refractivity contribution in [2.24, 2.45) is 0 Å². The van der Waals surface area contributed by atoms with E-state index in [1.54, 1.807) is 24.3 Å². The first-order valence-corrected chi connectivity index (χ1v) is 11.6. The Morgan fingerprint density at radius 1 is 0.583 bits per heavy atom. The van der Waals surface area contributed by atoms with Gasteiger partial charge >= 0.3 is 12.2 Å². The SMILES string of the molecule is CC(C)(C)OC(=O)Nc1ccc(-c2ccc(-c3ccc(NC(=O)OC(C)(C)C)cc3)c(N)c2N)cc1. The van der Waals surface area contributed by atoms with Crippen molar-refractivity contribution >= 4 is 34.9 Å². The molecule has 0 bridgehead atoms. The molecular weight excluding hydrogens is 456 g/mol. The Morgan fingerprint density at radius 2 is 0.889 bits per heavy atom. The topological polar surface area (TPSA) is 129 Å². The summed E-state index contributed by atoms with van der Waals surface area (Å²) in [5.74, 6) is 0. The van der Waals surface area contributed by atoms with Gasteiger partial charge in [0, 0.05) is 22.5 Å². The fourth-order valence-corrected chi connectivity index (χ4v) is 3.45. The van der Waals surface area contributed by atoms with Crippen molar-refractivity contribution in [2.75, 3.05) is 22.1 Å². The molecule has 0 atom stereocenters. The third kappa shape index (κ3) is 7.15. The van der Waals surface area contributed by atoms with Crippen molar-refractivity contribution in [1.29, 1.82) is 0 Å². The molecule has 0 radical (unpaired) electrons. The van der Waals surface area contributed by atoms with Gasteiger partial charge in [-0.05, 0) is 76.9 Å². The standard InChI is InChI=1S/C28H34N4O4/c1-27(2,3)35-25(33)31-19-11-7-17(8-12-19)21-15-16-22(24(30)23(21)29)18-9-13-20(14-10-18)32-26(34)36-28(4,5)6/h7-16H,29-30H2,1-6H3,(H,31,33)(H,32,34). The maximum atomic E-state index is 12.0. The van der Waals surface area contributed by atoms with E-state index >= 15 is 0 Å². The Kier molecular flexibility index (Phi) is 7.48. The molecule has 3 rings (SSSR count). The molecule has 3 aromatic carbocycles. The molecule has 0 saturated heterocycles. The first kappa shape index (κ1) is 26.4. The van der Waals surface area contributed by atoms with Crippen LogP contribution in [0.3, 0.4) is 0 Å². The summed E-state index contributed by atoms with van der Waals surface area (Å²) < 4.78 is 10.6. The summed E-state index contributed by atoms with van der Waals surface area (Å²) in [6, 6.07) is 18.3. The Labute approximate surface area is 212 Å². The van der Waals surface area contributed by atoms with Gasteiger partial charge in [0.25, 0.3) is 0 Å². The van der Waals surface area contributed by atoms with E-state index in [9.17, 15) is 9.59 Å². The Morgan fingerprint density at radius 3 is 1.17 bits per heavy atom. The molecule has 0 aromatic heterocycles. The summed E-state index contributed by atoms with van der Waals surface area (Å²) in [7, 11) is 0. The first-order valence-electron chi connectivity index (χ1n) is 11.6. The summed E-state index contributed by atoms with van der Waals surface area (Å²) in [5.41, 5.74) is 17.1. The van der Waals surface area contributed by atoms with E-state index < -0.39 is 23.4 Å². The van der Waals surface area contributed by atoms with Gasteiger partial charge in [-0.1, -0.05) is 36.4 Å². The molecule has 0 saturated carbocycles. The van der Waals surface area contributed by atoms with Crippen molar-refractivity contribution in [1.82, 2.24) is 0 Å². The predicted octanol–water partition coefficient (Wildman–Crippen LogP) is 6.88. The first-order chi connectivity index (χ1) is 16.7. The Hall–Kier alpha value is -4.20. The number of carbonyl (C=O) groups is 2. The second-order valence-electron chi connectivity index (χ2n) is 10.4. The second-order valence-corrected chi connectivity index (χ2v) is 10.4. The highest BCUT2D eigenvalue weighted by atomic mass is 16.6. The van der Waals surface area contributed by atoms with Crippen molar-refractivity contribution in [3.8, 4) is 22.3 Å². The summed E-state index contributed by atoms with van der Waals surface area (Å²) in [6.45, 7) is 10.8. The lowest BCUT2D eigenvalue weighted by molar-refractivity contribution is 0.0624. The number of anilines is 4. The summed E-state index contributed by atoms with van der Waals surface area (Å²) in [6.07, 6.45) is -1.04. The van der Waals surface area contributed by atoms with Gasteiger partial charge in [0.05, 0.1) is 11.4 Å². The second kappa shape index (κ2) is 10.2. The fourth-order valence-electron chi connectivity index (χ4n) is 3.45. The van der Waals surface area contributed by atoms with Crippen LogP contribution in [0.4, 0.5) is 32.3 Å². The van der Waals surface area contributed by atoms with Crippen LogP contribution < -0.4 is 22.1 Å². The third-order valence-electron chi connectivity index (χ3n) is 4.97. The van der Waals surface area contributed by atoms with Crippen LogP contribution in [0.5, 0.6) is 0 Å². The largest absolute Gasteiger partial charge is 0.444 e.